The number of primary sulfonamides is 1. The van der Waals surface area contributed by atoms with E-state index in [9.17, 15) is 8.42 Å². The molecule has 3 N–H and O–H groups in total. The highest BCUT2D eigenvalue weighted by atomic mass is 32.2. The molecule has 0 radical (unpaired) electrons. The Balaban J connectivity index is 2.08. The van der Waals surface area contributed by atoms with Gasteiger partial charge in [0.25, 0.3) is 0 Å². The Morgan fingerprint density at radius 3 is 2.55 bits per heavy atom. The van der Waals surface area contributed by atoms with Crippen molar-refractivity contribution in [1.29, 1.82) is 0 Å². The second-order valence-corrected chi connectivity index (χ2v) is 6.76. The molecule has 0 spiro atoms. The van der Waals surface area contributed by atoms with Crippen LogP contribution in [0.2, 0.25) is 0 Å². The van der Waals surface area contributed by atoms with Gasteiger partial charge in [-0.3, -0.25) is 0 Å². The van der Waals surface area contributed by atoms with E-state index in [0.717, 1.165) is 44.6 Å². The van der Waals surface area contributed by atoms with Crippen molar-refractivity contribution in [3.8, 4) is 0 Å². The molecule has 1 fully saturated rings. The number of benzene rings is 1. The van der Waals surface area contributed by atoms with Gasteiger partial charge in [0, 0.05) is 19.1 Å². The number of para-hydroxylation sites is 1. The molecular formula is C14H23N3O2S. The molecule has 0 aliphatic carbocycles. The summed E-state index contributed by atoms with van der Waals surface area (Å²) in [6, 6.07) is 7.50. The van der Waals surface area contributed by atoms with Crippen LogP contribution in [0, 0.1) is 0 Å². The highest BCUT2D eigenvalue weighted by Crippen LogP contribution is 2.26. The number of piperidine rings is 1. The number of nitrogens with two attached hydrogens (primary N) is 1. The second-order valence-electron chi connectivity index (χ2n) is 5.23. The third-order valence-electron chi connectivity index (χ3n) is 3.69. The number of rotatable bonds is 5. The molecule has 112 valence electrons. The molecule has 1 aliphatic heterocycles. The van der Waals surface area contributed by atoms with Crippen molar-refractivity contribution in [2.45, 2.75) is 37.1 Å². The molecule has 1 heterocycles. The zero-order valence-corrected chi connectivity index (χ0v) is 12.7. The fourth-order valence-electron chi connectivity index (χ4n) is 2.63. The summed E-state index contributed by atoms with van der Waals surface area (Å²) in [5, 5.41) is 8.81. The fourth-order valence-corrected chi connectivity index (χ4v) is 3.39. The molecule has 0 atom stereocenters. The zero-order chi connectivity index (χ0) is 14.6. The van der Waals surface area contributed by atoms with Gasteiger partial charge in [-0.1, -0.05) is 19.1 Å². The highest BCUT2D eigenvalue weighted by molar-refractivity contribution is 7.89. The molecule has 0 bridgehead atoms. The van der Waals surface area contributed by atoms with Crippen LogP contribution in [0.3, 0.4) is 0 Å². The van der Waals surface area contributed by atoms with Gasteiger partial charge in [-0.25, -0.2) is 13.6 Å². The number of anilines is 1. The zero-order valence-electron chi connectivity index (χ0n) is 11.9. The van der Waals surface area contributed by atoms with E-state index >= 15 is 0 Å². The van der Waals surface area contributed by atoms with Crippen molar-refractivity contribution in [2.24, 2.45) is 5.14 Å². The third-order valence-corrected chi connectivity index (χ3v) is 4.65. The van der Waals surface area contributed by atoms with Crippen LogP contribution in [0.1, 0.15) is 26.2 Å². The fraction of sp³-hybridized carbons (Fsp3) is 0.571. The Bertz CT molecular complexity index is 537. The van der Waals surface area contributed by atoms with Gasteiger partial charge in [0.15, 0.2) is 0 Å². The topological polar surface area (TPSA) is 75.4 Å². The minimum Gasteiger partial charge on any atom is -0.370 e. The van der Waals surface area contributed by atoms with E-state index in [1.165, 1.54) is 0 Å². The quantitative estimate of drug-likeness (QED) is 0.859. The lowest BCUT2D eigenvalue weighted by molar-refractivity contribution is 0.415. The lowest BCUT2D eigenvalue weighted by Crippen LogP contribution is -2.43. The normalized spacial score (nSPS) is 17.4. The van der Waals surface area contributed by atoms with E-state index in [0.29, 0.717) is 6.04 Å². The molecule has 1 aromatic carbocycles. The van der Waals surface area contributed by atoms with Crippen LogP contribution >= 0.6 is 0 Å². The summed E-state index contributed by atoms with van der Waals surface area (Å²) >= 11 is 0. The smallest absolute Gasteiger partial charge is 0.240 e. The van der Waals surface area contributed by atoms with Crippen LogP contribution in [0.4, 0.5) is 5.69 Å². The van der Waals surface area contributed by atoms with Crippen molar-refractivity contribution < 1.29 is 8.42 Å². The maximum Gasteiger partial charge on any atom is 0.240 e. The molecule has 0 unspecified atom stereocenters. The van der Waals surface area contributed by atoms with Crippen molar-refractivity contribution in [1.82, 2.24) is 5.32 Å². The first-order valence-electron chi connectivity index (χ1n) is 7.12. The molecule has 1 aliphatic rings. The van der Waals surface area contributed by atoms with Gasteiger partial charge in [0.2, 0.25) is 10.0 Å². The molecule has 6 heteroatoms. The summed E-state index contributed by atoms with van der Waals surface area (Å²) in [5.74, 6) is 0. The largest absolute Gasteiger partial charge is 0.370 e. The summed E-state index contributed by atoms with van der Waals surface area (Å²) in [6.45, 7) is 4.91. The SMILES string of the molecule is CCCNC1CCN(c2ccccc2S(N)(=O)=O)CC1. The number of sulfonamides is 1. The Morgan fingerprint density at radius 2 is 1.95 bits per heavy atom. The van der Waals surface area contributed by atoms with Crippen molar-refractivity contribution in [3.63, 3.8) is 0 Å². The third kappa shape index (κ3) is 3.71. The van der Waals surface area contributed by atoms with Crippen LogP contribution in [0.5, 0.6) is 0 Å². The molecular weight excluding hydrogens is 274 g/mol. The van der Waals surface area contributed by atoms with Gasteiger partial charge >= 0.3 is 0 Å². The summed E-state index contributed by atoms with van der Waals surface area (Å²) in [5.41, 5.74) is 0.726. The van der Waals surface area contributed by atoms with Crippen molar-refractivity contribution >= 4 is 15.7 Å². The molecule has 0 saturated carbocycles. The van der Waals surface area contributed by atoms with Crippen LogP contribution in [-0.4, -0.2) is 34.1 Å². The highest BCUT2D eigenvalue weighted by Gasteiger charge is 2.23. The second kappa shape index (κ2) is 6.56. The minimum absolute atomic E-state index is 0.222. The lowest BCUT2D eigenvalue weighted by Gasteiger charge is -2.34. The van der Waals surface area contributed by atoms with Gasteiger partial charge in [-0.2, -0.15) is 0 Å². The number of nitrogens with zero attached hydrogens (tertiary/aromatic N) is 1. The Morgan fingerprint density at radius 1 is 1.30 bits per heavy atom. The van der Waals surface area contributed by atoms with Crippen LogP contribution in [0.25, 0.3) is 0 Å². The van der Waals surface area contributed by atoms with Crippen LogP contribution in [0.15, 0.2) is 29.2 Å². The Labute approximate surface area is 121 Å². The Kier molecular flexibility index (Phi) is 5.01. The minimum atomic E-state index is -3.67. The molecule has 5 nitrogen and oxygen atoms in total. The van der Waals surface area contributed by atoms with E-state index in [1.807, 2.05) is 12.1 Å². The van der Waals surface area contributed by atoms with E-state index in [2.05, 4.69) is 17.1 Å². The molecule has 1 aromatic rings. The van der Waals surface area contributed by atoms with E-state index < -0.39 is 10.0 Å². The number of nitrogens with one attached hydrogen (secondary N) is 1. The first kappa shape index (κ1) is 15.3. The standard InChI is InChI=1S/C14H23N3O2S/c1-2-9-16-12-7-10-17(11-8-12)13-5-3-4-6-14(13)20(15,18)19/h3-6,12,16H,2,7-11H2,1H3,(H2,15,18,19). The van der Waals surface area contributed by atoms with E-state index in [4.69, 9.17) is 5.14 Å². The van der Waals surface area contributed by atoms with Crippen LogP contribution in [-0.2, 0) is 10.0 Å². The first-order valence-corrected chi connectivity index (χ1v) is 8.67. The van der Waals surface area contributed by atoms with Crippen molar-refractivity contribution in [3.05, 3.63) is 24.3 Å². The lowest BCUT2D eigenvalue weighted by atomic mass is 10.0. The average Bonchev–Trinajstić information content (AvgIpc) is 2.45. The summed E-state index contributed by atoms with van der Waals surface area (Å²) in [4.78, 5) is 2.34. The maximum absolute atomic E-state index is 11.6. The van der Waals surface area contributed by atoms with Crippen LogP contribution < -0.4 is 15.4 Å². The van der Waals surface area contributed by atoms with Gasteiger partial charge in [0.05, 0.1) is 5.69 Å². The number of hydrogen-bond acceptors (Lipinski definition) is 4. The predicted molar refractivity (Wildman–Crippen MR) is 81.3 cm³/mol. The summed E-state index contributed by atoms with van der Waals surface area (Å²) < 4.78 is 23.3. The maximum atomic E-state index is 11.6. The first-order chi connectivity index (χ1) is 9.52. The molecule has 2 rings (SSSR count). The predicted octanol–water partition coefficient (Wildman–Crippen LogP) is 1.30. The average molecular weight is 297 g/mol. The van der Waals surface area contributed by atoms with Gasteiger partial charge < -0.3 is 10.2 Å². The summed E-state index contributed by atoms with van der Waals surface area (Å²) in [6.07, 6.45) is 3.19. The monoisotopic (exact) mass is 297 g/mol. The summed E-state index contributed by atoms with van der Waals surface area (Å²) in [7, 11) is -3.67. The number of hydrogen-bond donors (Lipinski definition) is 2. The van der Waals surface area contributed by atoms with Crippen molar-refractivity contribution in [2.75, 3.05) is 24.5 Å². The molecule has 0 amide bonds. The van der Waals surface area contributed by atoms with E-state index in [-0.39, 0.29) is 4.90 Å². The Hall–Kier alpha value is -1.11. The molecule has 1 saturated heterocycles. The van der Waals surface area contributed by atoms with Gasteiger partial charge in [-0.15, -0.1) is 0 Å². The molecule has 20 heavy (non-hydrogen) atoms. The van der Waals surface area contributed by atoms with Gasteiger partial charge in [0.1, 0.15) is 4.90 Å². The van der Waals surface area contributed by atoms with E-state index in [1.54, 1.807) is 12.1 Å². The van der Waals surface area contributed by atoms with Gasteiger partial charge in [-0.05, 0) is 37.9 Å². The molecule has 0 aromatic heterocycles.